The average Bonchev–Trinajstić information content (AvgIpc) is 3.04. The van der Waals surface area contributed by atoms with Gasteiger partial charge in [0.05, 0.1) is 0 Å². The highest BCUT2D eigenvalue weighted by Gasteiger charge is 2.22. The zero-order valence-corrected chi connectivity index (χ0v) is 13.4. The molecule has 3 aromatic rings. The lowest BCUT2D eigenvalue weighted by Crippen LogP contribution is -2.35. The van der Waals surface area contributed by atoms with Crippen molar-refractivity contribution in [2.24, 2.45) is 5.92 Å². The zero-order valence-electron chi connectivity index (χ0n) is 13.4. The van der Waals surface area contributed by atoms with Crippen molar-refractivity contribution in [3.8, 4) is 0 Å². The van der Waals surface area contributed by atoms with Crippen molar-refractivity contribution in [3.05, 3.63) is 54.0 Å². The van der Waals surface area contributed by atoms with Gasteiger partial charge in [0.1, 0.15) is 12.1 Å². The molecule has 23 heavy (non-hydrogen) atoms. The molecular weight excluding hydrogens is 286 g/mol. The van der Waals surface area contributed by atoms with E-state index < -0.39 is 0 Å². The van der Waals surface area contributed by atoms with Crippen molar-refractivity contribution in [1.29, 1.82) is 0 Å². The van der Waals surface area contributed by atoms with Crippen LogP contribution in [0.3, 0.4) is 0 Å². The first-order valence-corrected chi connectivity index (χ1v) is 8.26. The Labute approximate surface area is 136 Å². The molecule has 2 aromatic heterocycles. The number of fused-ring (bicyclic) bond motifs is 1. The fourth-order valence-electron chi connectivity index (χ4n) is 3.45. The molecule has 1 aliphatic rings. The molecule has 5 heteroatoms. The van der Waals surface area contributed by atoms with E-state index in [0.29, 0.717) is 5.78 Å². The average molecular weight is 307 g/mol. The van der Waals surface area contributed by atoms with E-state index in [2.05, 4.69) is 56.4 Å². The fourth-order valence-corrected chi connectivity index (χ4v) is 3.45. The van der Waals surface area contributed by atoms with Crippen molar-refractivity contribution in [3.63, 3.8) is 0 Å². The van der Waals surface area contributed by atoms with Crippen molar-refractivity contribution >= 4 is 11.6 Å². The topological polar surface area (TPSA) is 46.3 Å². The summed E-state index contributed by atoms with van der Waals surface area (Å²) in [5.74, 6) is 2.57. The summed E-state index contributed by atoms with van der Waals surface area (Å²) in [7, 11) is 0. The second-order valence-corrected chi connectivity index (χ2v) is 6.35. The SMILES string of the molecule is Cc1cc(N2CCC(Cc3ccccc3)CC2)n2ncnc2n1. The van der Waals surface area contributed by atoms with E-state index in [4.69, 9.17) is 0 Å². The molecule has 0 unspecified atom stereocenters. The van der Waals surface area contributed by atoms with Gasteiger partial charge in [-0.05, 0) is 37.7 Å². The number of aromatic nitrogens is 4. The minimum atomic E-state index is 0.686. The maximum absolute atomic E-state index is 4.42. The normalized spacial score (nSPS) is 16.1. The predicted octanol–water partition coefficient (Wildman–Crippen LogP) is 2.89. The van der Waals surface area contributed by atoms with Crippen LogP contribution < -0.4 is 4.90 Å². The van der Waals surface area contributed by atoms with E-state index in [9.17, 15) is 0 Å². The van der Waals surface area contributed by atoms with Crippen LogP contribution in [0.5, 0.6) is 0 Å². The third-order valence-electron chi connectivity index (χ3n) is 4.67. The number of piperidine rings is 1. The third kappa shape index (κ3) is 2.91. The highest BCUT2D eigenvalue weighted by molar-refractivity contribution is 5.47. The smallest absolute Gasteiger partial charge is 0.254 e. The monoisotopic (exact) mass is 307 g/mol. The standard InChI is InChI=1S/C18H21N5/c1-14-11-17(23-18(21-14)19-13-20-23)22-9-7-16(8-10-22)12-15-5-3-2-4-6-15/h2-6,11,13,16H,7-10,12H2,1H3. The van der Waals surface area contributed by atoms with Crippen LogP contribution in [0.2, 0.25) is 0 Å². The van der Waals surface area contributed by atoms with E-state index in [0.717, 1.165) is 30.5 Å². The van der Waals surface area contributed by atoms with Gasteiger partial charge in [-0.25, -0.2) is 4.98 Å². The molecule has 0 N–H and O–H groups in total. The number of nitrogens with zero attached hydrogens (tertiary/aromatic N) is 5. The highest BCUT2D eigenvalue weighted by atomic mass is 15.4. The number of hydrogen-bond acceptors (Lipinski definition) is 4. The molecule has 1 fully saturated rings. The van der Waals surface area contributed by atoms with E-state index >= 15 is 0 Å². The maximum atomic E-state index is 4.42. The molecule has 0 saturated carbocycles. The number of aryl methyl sites for hydroxylation is 1. The highest BCUT2D eigenvalue weighted by Crippen LogP contribution is 2.26. The Hall–Kier alpha value is -2.43. The zero-order chi connectivity index (χ0) is 15.6. The molecule has 1 aliphatic heterocycles. The Morgan fingerprint density at radius 2 is 1.91 bits per heavy atom. The van der Waals surface area contributed by atoms with Crippen LogP contribution >= 0.6 is 0 Å². The summed E-state index contributed by atoms with van der Waals surface area (Å²) in [6.07, 6.45) is 5.19. The summed E-state index contributed by atoms with van der Waals surface area (Å²) in [4.78, 5) is 11.1. The Bertz CT molecular complexity index is 788. The van der Waals surface area contributed by atoms with Crippen molar-refractivity contribution in [1.82, 2.24) is 19.6 Å². The lowest BCUT2D eigenvalue weighted by molar-refractivity contribution is 0.401. The van der Waals surface area contributed by atoms with Crippen LogP contribution in [0.1, 0.15) is 24.1 Å². The number of hydrogen-bond donors (Lipinski definition) is 0. The molecule has 0 aliphatic carbocycles. The first-order chi connectivity index (χ1) is 11.3. The van der Waals surface area contributed by atoms with Gasteiger partial charge < -0.3 is 4.90 Å². The fraction of sp³-hybridized carbons (Fsp3) is 0.389. The van der Waals surface area contributed by atoms with Crippen molar-refractivity contribution in [2.45, 2.75) is 26.2 Å². The van der Waals surface area contributed by atoms with Gasteiger partial charge in [-0.3, -0.25) is 0 Å². The van der Waals surface area contributed by atoms with Crippen molar-refractivity contribution in [2.75, 3.05) is 18.0 Å². The minimum Gasteiger partial charge on any atom is -0.356 e. The Morgan fingerprint density at radius 3 is 2.70 bits per heavy atom. The lowest BCUT2D eigenvalue weighted by atomic mass is 9.90. The summed E-state index contributed by atoms with van der Waals surface area (Å²) < 4.78 is 1.85. The van der Waals surface area contributed by atoms with Crippen LogP contribution in [0.15, 0.2) is 42.7 Å². The number of anilines is 1. The second kappa shape index (κ2) is 5.99. The Kier molecular flexibility index (Phi) is 3.69. The van der Waals surface area contributed by atoms with E-state index in [1.165, 1.54) is 24.8 Å². The van der Waals surface area contributed by atoms with Gasteiger partial charge in [-0.1, -0.05) is 30.3 Å². The Morgan fingerprint density at radius 1 is 1.13 bits per heavy atom. The van der Waals surface area contributed by atoms with E-state index in [1.54, 1.807) is 6.33 Å². The quantitative estimate of drug-likeness (QED) is 0.746. The molecular formula is C18H21N5. The molecule has 4 rings (SSSR count). The van der Waals surface area contributed by atoms with Crippen LogP contribution in [0, 0.1) is 12.8 Å². The minimum absolute atomic E-state index is 0.686. The maximum Gasteiger partial charge on any atom is 0.254 e. The lowest BCUT2D eigenvalue weighted by Gasteiger charge is -2.33. The van der Waals surface area contributed by atoms with Crippen LogP contribution in [-0.2, 0) is 6.42 Å². The predicted molar refractivity (Wildman–Crippen MR) is 90.6 cm³/mol. The third-order valence-corrected chi connectivity index (χ3v) is 4.67. The first-order valence-electron chi connectivity index (χ1n) is 8.26. The summed E-state index contributed by atoms with van der Waals surface area (Å²) in [6.45, 7) is 4.15. The largest absolute Gasteiger partial charge is 0.356 e. The summed E-state index contributed by atoms with van der Waals surface area (Å²) in [5, 5.41) is 4.32. The van der Waals surface area contributed by atoms with E-state index in [1.807, 2.05) is 11.4 Å². The first kappa shape index (κ1) is 14.2. The molecule has 0 spiro atoms. The van der Waals surface area contributed by atoms with Gasteiger partial charge in [0.15, 0.2) is 0 Å². The van der Waals surface area contributed by atoms with Crippen LogP contribution in [0.4, 0.5) is 5.82 Å². The molecule has 5 nitrogen and oxygen atoms in total. The molecule has 0 radical (unpaired) electrons. The molecule has 0 amide bonds. The number of benzene rings is 1. The second-order valence-electron chi connectivity index (χ2n) is 6.35. The summed E-state index contributed by atoms with van der Waals surface area (Å²) in [6, 6.07) is 12.9. The molecule has 1 aromatic carbocycles. The van der Waals surface area contributed by atoms with Gasteiger partial charge in [-0.15, -0.1) is 0 Å². The number of rotatable bonds is 3. The molecule has 0 atom stereocenters. The molecule has 1 saturated heterocycles. The van der Waals surface area contributed by atoms with Gasteiger partial charge >= 0.3 is 0 Å². The summed E-state index contributed by atoms with van der Waals surface area (Å²) >= 11 is 0. The van der Waals surface area contributed by atoms with Gasteiger partial charge in [0, 0.05) is 24.8 Å². The molecule has 118 valence electrons. The van der Waals surface area contributed by atoms with Crippen LogP contribution in [-0.4, -0.2) is 32.7 Å². The van der Waals surface area contributed by atoms with Crippen molar-refractivity contribution < 1.29 is 0 Å². The van der Waals surface area contributed by atoms with Gasteiger partial charge in [-0.2, -0.15) is 14.6 Å². The van der Waals surface area contributed by atoms with Crippen LogP contribution in [0.25, 0.3) is 5.78 Å². The summed E-state index contributed by atoms with van der Waals surface area (Å²) in [5.41, 5.74) is 2.44. The van der Waals surface area contributed by atoms with Gasteiger partial charge in [0.25, 0.3) is 5.78 Å². The molecule has 0 bridgehead atoms. The van der Waals surface area contributed by atoms with E-state index in [-0.39, 0.29) is 0 Å². The van der Waals surface area contributed by atoms with Gasteiger partial charge in [0.2, 0.25) is 0 Å². The Balaban J connectivity index is 1.47. The molecule has 3 heterocycles.